The summed E-state index contributed by atoms with van der Waals surface area (Å²) >= 11 is 0. The predicted octanol–water partition coefficient (Wildman–Crippen LogP) is 2.46. The van der Waals surface area contributed by atoms with E-state index in [-0.39, 0.29) is 5.56 Å². The van der Waals surface area contributed by atoms with Crippen LogP contribution in [0.3, 0.4) is 0 Å². The molecule has 0 fully saturated rings. The van der Waals surface area contributed by atoms with Gasteiger partial charge in [-0.15, -0.1) is 0 Å². The highest BCUT2D eigenvalue weighted by Crippen LogP contribution is 2.14. The highest BCUT2D eigenvalue weighted by atomic mass is 16.5. The Hall–Kier alpha value is -3.48. The average molecular weight is 351 g/mol. The molecule has 0 aliphatic heterocycles. The van der Waals surface area contributed by atoms with E-state index in [0.29, 0.717) is 28.8 Å². The van der Waals surface area contributed by atoms with Crippen molar-refractivity contribution in [3.8, 4) is 0 Å². The molecule has 7 heteroatoms. The topological polar surface area (TPSA) is 90.3 Å². The van der Waals surface area contributed by atoms with Gasteiger partial charge in [0.15, 0.2) is 0 Å². The van der Waals surface area contributed by atoms with Crippen molar-refractivity contribution >= 4 is 28.6 Å². The van der Waals surface area contributed by atoms with Crippen LogP contribution in [0.5, 0.6) is 0 Å². The van der Waals surface area contributed by atoms with Crippen LogP contribution in [-0.2, 0) is 11.3 Å². The third-order valence-electron chi connectivity index (χ3n) is 3.97. The van der Waals surface area contributed by atoms with Crippen molar-refractivity contribution in [1.82, 2.24) is 9.55 Å². The number of nitrogens with zero attached hydrogens (tertiary/aromatic N) is 2. The van der Waals surface area contributed by atoms with E-state index < -0.39 is 17.4 Å². The first-order valence-electron chi connectivity index (χ1n) is 8.03. The van der Waals surface area contributed by atoms with Crippen LogP contribution in [0.25, 0.3) is 11.0 Å². The number of amides is 1. The minimum atomic E-state index is -0.520. The molecule has 2 aromatic heterocycles. The summed E-state index contributed by atoms with van der Waals surface area (Å²) in [6.45, 7) is 2.23. The molecule has 0 saturated heterocycles. The predicted molar refractivity (Wildman–Crippen MR) is 97.4 cm³/mol. The lowest BCUT2D eigenvalue weighted by molar-refractivity contribution is 0.0600. The van der Waals surface area contributed by atoms with E-state index in [9.17, 15) is 14.4 Å². The van der Waals surface area contributed by atoms with Crippen molar-refractivity contribution in [2.24, 2.45) is 0 Å². The Morgan fingerprint density at radius 2 is 1.92 bits per heavy atom. The van der Waals surface area contributed by atoms with Crippen molar-refractivity contribution in [2.45, 2.75) is 13.5 Å². The van der Waals surface area contributed by atoms with Gasteiger partial charge in [0.05, 0.1) is 12.7 Å². The number of carbonyl (C=O) groups is 2. The van der Waals surface area contributed by atoms with Crippen LogP contribution in [-0.4, -0.2) is 28.5 Å². The molecule has 0 aliphatic rings. The molecule has 1 N–H and O–H groups in total. The summed E-state index contributed by atoms with van der Waals surface area (Å²) in [5.41, 5.74) is 1.01. The van der Waals surface area contributed by atoms with E-state index in [1.165, 1.54) is 29.9 Å². The van der Waals surface area contributed by atoms with Gasteiger partial charge in [-0.05, 0) is 49.4 Å². The number of hydrogen-bond donors (Lipinski definition) is 1. The van der Waals surface area contributed by atoms with Gasteiger partial charge >= 0.3 is 5.97 Å². The Balaban J connectivity index is 1.94. The summed E-state index contributed by atoms with van der Waals surface area (Å²) in [7, 11) is 1.30. The van der Waals surface area contributed by atoms with Gasteiger partial charge < -0.3 is 10.1 Å². The zero-order chi connectivity index (χ0) is 18.7. The van der Waals surface area contributed by atoms with Crippen LogP contribution in [0, 0.1) is 0 Å². The SMILES string of the molecule is CCn1c(=O)c(C(=O)Nc2ccc(C(=O)OC)cc2)cc2cccnc21. The molecule has 7 nitrogen and oxygen atoms in total. The number of esters is 1. The van der Waals surface area contributed by atoms with Gasteiger partial charge in [0.25, 0.3) is 11.5 Å². The van der Waals surface area contributed by atoms with Crippen LogP contribution < -0.4 is 10.9 Å². The summed E-state index contributed by atoms with van der Waals surface area (Å²) in [5.74, 6) is -0.982. The maximum absolute atomic E-state index is 12.6. The minimum absolute atomic E-state index is 0.0318. The highest BCUT2D eigenvalue weighted by Gasteiger charge is 2.16. The number of ether oxygens (including phenoxy) is 1. The number of carbonyl (C=O) groups excluding carboxylic acids is 2. The van der Waals surface area contributed by atoms with Crippen molar-refractivity contribution in [1.29, 1.82) is 0 Å². The molecule has 0 saturated carbocycles. The normalized spacial score (nSPS) is 10.5. The van der Waals surface area contributed by atoms with Crippen molar-refractivity contribution in [2.75, 3.05) is 12.4 Å². The van der Waals surface area contributed by atoms with E-state index in [1.807, 2.05) is 6.92 Å². The number of fused-ring (bicyclic) bond motifs is 1. The van der Waals surface area contributed by atoms with Crippen LogP contribution in [0.2, 0.25) is 0 Å². The number of nitrogens with one attached hydrogen (secondary N) is 1. The molecule has 1 amide bonds. The van der Waals surface area contributed by atoms with E-state index in [4.69, 9.17) is 0 Å². The Morgan fingerprint density at radius 3 is 2.58 bits per heavy atom. The summed E-state index contributed by atoms with van der Waals surface area (Å²) in [6.07, 6.45) is 1.61. The molecule has 0 bridgehead atoms. The molecule has 0 unspecified atom stereocenters. The summed E-state index contributed by atoms with van der Waals surface area (Å²) in [6, 6.07) is 11.3. The fraction of sp³-hybridized carbons (Fsp3) is 0.158. The van der Waals surface area contributed by atoms with Crippen LogP contribution >= 0.6 is 0 Å². The third kappa shape index (κ3) is 3.19. The first-order valence-corrected chi connectivity index (χ1v) is 8.03. The lowest BCUT2D eigenvalue weighted by Crippen LogP contribution is -2.29. The number of aryl methyl sites for hydroxylation is 1. The molecule has 26 heavy (non-hydrogen) atoms. The van der Waals surface area contributed by atoms with E-state index in [0.717, 1.165) is 0 Å². The van der Waals surface area contributed by atoms with Crippen LogP contribution in [0.4, 0.5) is 5.69 Å². The molecule has 0 aliphatic carbocycles. The molecule has 132 valence electrons. The molecule has 1 aromatic carbocycles. The summed E-state index contributed by atoms with van der Waals surface area (Å²) < 4.78 is 6.10. The number of benzene rings is 1. The van der Waals surface area contributed by atoms with Gasteiger partial charge in [-0.1, -0.05) is 0 Å². The monoisotopic (exact) mass is 351 g/mol. The van der Waals surface area contributed by atoms with Crippen molar-refractivity contribution in [3.05, 3.63) is 70.1 Å². The largest absolute Gasteiger partial charge is 0.465 e. The maximum atomic E-state index is 12.6. The van der Waals surface area contributed by atoms with E-state index >= 15 is 0 Å². The van der Waals surface area contributed by atoms with Crippen LogP contribution in [0.1, 0.15) is 27.6 Å². The second kappa shape index (κ2) is 7.18. The van der Waals surface area contributed by atoms with Gasteiger partial charge in [-0.3, -0.25) is 14.2 Å². The average Bonchev–Trinajstić information content (AvgIpc) is 2.67. The Kier molecular flexibility index (Phi) is 4.79. The Labute approximate surface area is 149 Å². The smallest absolute Gasteiger partial charge is 0.337 e. The standard InChI is InChI=1S/C19H17N3O4/c1-3-22-16-13(5-4-10-20-16)11-15(18(22)24)17(23)21-14-8-6-12(7-9-14)19(25)26-2/h4-11H,3H2,1-2H3,(H,21,23). The second-order valence-corrected chi connectivity index (χ2v) is 5.55. The molecule has 0 atom stereocenters. The van der Waals surface area contributed by atoms with Crippen LogP contribution in [0.15, 0.2) is 53.5 Å². The lowest BCUT2D eigenvalue weighted by atomic mass is 10.1. The number of methoxy groups -OCH3 is 1. The number of hydrogen-bond acceptors (Lipinski definition) is 5. The highest BCUT2D eigenvalue weighted by molar-refractivity contribution is 6.05. The second-order valence-electron chi connectivity index (χ2n) is 5.55. The molecular weight excluding hydrogens is 334 g/mol. The van der Waals surface area contributed by atoms with Gasteiger partial charge in [-0.2, -0.15) is 0 Å². The number of aromatic nitrogens is 2. The Bertz CT molecular complexity index is 1040. The molecule has 0 spiro atoms. The molecule has 2 heterocycles. The minimum Gasteiger partial charge on any atom is -0.465 e. The first kappa shape index (κ1) is 17.3. The molecular formula is C19H17N3O4. The van der Waals surface area contributed by atoms with Gasteiger partial charge in [-0.25, -0.2) is 9.78 Å². The van der Waals surface area contributed by atoms with Crippen molar-refractivity contribution in [3.63, 3.8) is 0 Å². The molecule has 0 radical (unpaired) electrons. The Morgan fingerprint density at radius 1 is 1.19 bits per heavy atom. The fourth-order valence-corrected chi connectivity index (χ4v) is 2.67. The zero-order valence-corrected chi connectivity index (χ0v) is 14.4. The number of anilines is 1. The fourth-order valence-electron chi connectivity index (χ4n) is 2.67. The zero-order valence-electron chi connectivity index (χ0n) is 14.4. The van der Waals surface area contributed by atoms with Gasteiger partial charge in [0.2, 0.25) is 0 Å². The summed E-state index contributed by atoms with van der Waals surface area (Å²) in [5, 5.41) is 3.38. The third-order valence-corrected chi connectivity index (χ3v) is 3.97. The quantitative estimate of drug-likeness (QED) is 0.729. The first-order chi connectivity index (χ1) is 12.5. The van der Waals surface area contributed by atoms with Gasteiger partial charge in [0, 0.05) is 23.8 Å². The summed E-state index contributed by atoms with van der Waals surface area (Å²) in [4.78, 5) is 40.9. The lowest BCUT2D eigenvalue weighted by Gasteiger charge is -2.10. The van der Waals surface area contributed by atoms with E-state index in [1.54, 1.807) is 30.5 Å². The molecule has 3 aromatic rings. The molecule has 3 rings (SSSR count). The van der Waals surface area contributed by atoms with Gasteiger partial charge in [0.1, 0.15) is 11.2 Å². The number of rotatable bonds is 4. The van der Waals surface area contributed by atoms with E-state index in [2.05, 4.69) is 15.0 Å². The number of pyridine rings is 2. The maximum Gasteiger partial charge on any atom is 0.337 e. The van der Waals surface area contributed by atoms with Crippen molar-refractivity contribution < 1.29 is 14.3 Å².